The average molecular weight is 303 g/mol. The molecule has 2 rings (SSSR count). The summed E-state index contributed by atoms with van der Waals surface area (Å²) >= 11 is 11.5. The fraction of sp³-hybridized carbons (Fsp3) is 0.417. The molecule has 1 aliphatic heterocycles. The lowest BCUT2D eigenvalue weighted by Gasteiger charge is -2.20. The Morgan fingerprint density at radius 3 is 2.68 bits per heavy atom. The third kappa shape index (κ3) is 2.67. The first-order valence-electron chi connectivity index (χ1n) is 5.67. The van der Waals surface area contributed by atoms with Crippen molar-refractivity contribution < 1.29 is 14.7 Å². The van der Waals surface area contributed by atoms with Gasteiger partial charge < -0.3 is 10.0 Å². The van der Waals surface area contributed by atoms with Crippen molar-refractivity contribution in [2.24, 2.45) is 5.41 Å². The SMILES string of the molecule is CC1(C(=O)O)CCN(C(=O)c2cnc(Cl)c(Cl)c2)C1. The average Bonchev–Trinajstić information content (AvgIpc) is 2.76. The zero-order chi connectivity index (χ0) is 14.2. The summed E-state index contributed by atoms with van der Waals surface area (Å²) < 4.78 is 0. The number of aliphatic carboxylic acids is 1. The molecule has 2 heterocycles. The number of hydrogen-bond donors (Lipinski definition) is 1. The van der Waals surface area contributed by atoms with Gasteiger partial charge in [0.25, 0.3) is 5.91 Å². The monoisotopic (exact) mass is 302 g/mol. The number of carboxylic acids is 1. The van der Waals surface area contributed by atoms with E-state index in [1.165, 1.54) is 17.2 Å². The Kier molecular flexibility index (Phi) is 3.69. The van der Waals surface area contributed by atoms with Crippen molar-refractivity contribution in [3.8, 4) is 0 Å². The van der Waals surface area contributed by atoms with Crippen LogP contribution >= 0.6 is 23.2 Å². The van der Waals surface area contributed by atoms with Crippen molar-refractivity contribution in [2.45, 2.75) is 13.3 Å². The fourth-order valence-corrected chi connectivity index (χ4v) is 2.30. The van der Waals surface area contributed by atoms with Crippen LogP contribution in [0.4, 0.5) is 0 Å². The van der Waals surface area contributed by atoms with Gasteiger partial charge in [-0.2, -0.15) is 0 Å². The largest absolute Gasteiger partial charge is 0.481 e. The topological polar surface area (TPSA) is 70.5 Å². The van der Waals surface area contributed by atoms with Crippen LogP contribution in [0.25, 0.3) is 0 Å². The summed E-state index contributed by atoms with van der Waals surface area (Å²) in [4.78, 5) is 28.7. The summed E-state index contributed by atoms with van der Waals surface area (Å²) in [7, 11) is 0. The molecule has 1 N–H and O–H groups in total. The molecule has 1 aliphatic rings. The summed E-state index contributed by atoms with van der Waals surface area (Å²) in [5.41, 5.74) is -0.580. The van der Waals surface area contributed by atoms with Crippen LogP contribution in [0.2, 0.25) is 10.2 Å². The number of pyridine rings is 1. The predicted molar refractivity (Wildman–Crippen MR) is 70.5 cm³/mol. The first-order valence-corrected chi connectivity index (χ1v) is 6.43. The van der Waals surface area contributed by atoms with E-state index in [2.05, 4.69) is 4.98 Å². The normalized spacial score (nSPS) is 22.6. The van der Waals surface area contributed by atoms with Crippen LogP contribution in [0.1, 0.15) is 23.7 Å². The molecule has 1 saturated heterocycles. The maximum absolute atomic E-state index is 12.2. The molecule has 0 bridgehead atoms. The van der Waals surface area contributed by atoms with Gasteiger partial charge in [0.15, 0.2) is 0 Å². The molecule has 1 fully saturated rings. The molecule has 0 aromatic carbocycles. The Labute approximate surface area is 120 Å². The number of likely N-dealkylation sites (tertiary alicyclic amines) is 1. The minimum absolute atomic E-state index is 0.134. The molecule has 7 heteroatoms. The number of hydrogen-bond acceptors (Lipinski definition) is 3. The van der Waals surface area contributed by atoms with Crippen molar-refractivity contribution in [2.75, 3.05) is 13.1 Å². The molecule has 1 aromatic rings. The van der Waals surface area contributed by atoms with Gasteiger partial charge in [0, 0.05) is 19.3 Å². The van der Waals surface area contributed by atoms with Crippen LogP contribution in [0.15, 0.2) is 12.3 Å². The summed E-state index contributed by atoms with van der Waals surface area (Å²) in [5.74, 6) is -1.17. The van der Waals surface area contributed by atoms with E-state index in [0.717, 1.165) is 0 Å². The van der Waals surface area contributed by atoms with Crippen LogP contribution in [0.5, 0.6) is 0 Å². The molecular formula is C12H12Cl2N2O3. The van der Waals surface area contributed by atoms with Gasteiger partial charge in [-0.1, -0.05) is 23.2 Å². The number of aromatic nitrogens is 1. The maximum Gasteiger partial charge on any atom is 0.311 e. The third-order valence-corrected chi connectivity index (χ3v) is 4.01. The highest BCUT2D eigenvalue weighted by Crippen LogP contribution is 2.31. The van der Waals surface area contributed by atoms with Crippen LogP contribution in [-0.4, -0.2) is 40.0 Å². The van der Waals surface area contributed by atoms with E-state index in [1.807, 2.05) is 0 Å². The minimum Gasteiger partial charge on any atom is -0.481 e. The van der Waals surface area contributed by atoms with E-state index in [9.17, 15) is 9.59 Å². The molecular weight excluding hydrogens is 291 g/mol. The van der Waals surface area contributed by atoms with Crippen molar-refractivity contribution in [3.63, 3.8) is 0 Å². The Bertz CT molecular complexity index is 550. The Hall–Kier alpha value is -1.33. The smallest absolute Gasteiger partial charge is 0.311 e. The summed E-state index contributed by atoms with van der Waals surface area (Å²) in [5, 5.41) is 9.47. The third-order valence-electron chi connectivity index (χ3n) is 3.32. The molecule has 5 nitrogen and oxygen atoms in total. The lowest BCUT2D eigenvalue weighted by molar-refractivity contribution is -0.147. The van der Waals surface area contributed by atoms with Gasteiger partial charge in [0.1, 0.15) is 5.15 Å². The standard InChI is InChI=1S/C12H12Cl2N2O3/c1-12(11(18)19)2-3-16(6-12)10(17)7-4-8(13)9(14)15-5-7/h4-5H,2-3,6H2,1H3,(H,18,19). The molecule has 0 radical (unpaired) electrons. The molecule has 1 aromatic heterocycles. The molecule has 0 aliphatic carbocycles. The molecule has 1 amide bonds. The molecule has 0 saturated carbocycles. The summed E-state index contributed by atoms with van der Waals surface area (Å²) in [6.07, 6.45) is 1.77. The highest BCUT2D eigenvalue weighted by Gasteiger charge is 2.42. The highest BCUT2D eigenvalue weighted by atomic mass is 35.5. The zero-order valence-corrected chi connectivity index (χ0v) is 11.7. The second kappa shape index (κ2) is 4.98. The predicted octanol–water partition coefficient (Wildman–Crippen LogP) is 2.33. The van der Waals surface area contributed by atoms with Gasteiger partial charge in [-0.15, -0.1) is 0 Å². The van der Waals surface area contributed by atoms with E-state index in [4.69, 9.17) is 28.3 Å². The number of halogens is 2. The Balaban J connectivity index is 2.18. The lowest BCUT2D eigenvalue weighted by atomic mass is 9.90. The number of carbonyl (C=O) groups excluding carboxylic acids is 1. The summed E-state index contributed by atoms with van der Waals surface area (Å²) in [6, 6.07) is 1.44. The second-order valence-corrected chi connectivity index (χ2v) is 5.60. The molecule has 0 spiro atoms. The van der Waals surface area contributed by atoms with Crippen LogP contribution in [0.3, 0.4) is 0 Å². The fourth-order valence-electron chi connectivity index (χ4n) is 2.03. The number of rotatable bonds is 2. The highest BCUT2D eigenvalue weighted by molar-refractivity contribution is 6.41. The van der Waals surface area contributed by atoms with Crippen LogP contribution in [0, 0.1) is 5.41 Å². The maximum atomic E-state index is 12.2. The molecule has 1 unspecified atom stereocenters. The van der Waals surface area contributed by atoms with E-state index >= 15 is 0 Å². The number of nitrogens with zero attached hydrogens (tertiary/aromatic N) is 2. The van der Waals surface area contributed by atoms with Gasteiger partial charge in [-0.3, -0.25) is 9.59 Å². The van der Waals surface area contributed by atoms with Crippen LogP contribution in [-0.2, 0) is 4.79 Å². The van der Waals surface area contributed by atoms with E-state index in [1.54, 1.807) is 6.92 Å². The minimum atomic E-state index is -0.893. The van der Waals surface area contributed by atoms with Gasteiger partial charge >= 0.3 is 5.97 Å². The van der Waals surface area contributed by atoms with Crippen molar-refractivity contribution in [1.82, 2.24) is 9.88 Å². The van der Waals surface area contributed by atoms with E-state index in [0.29, 0.717) is 18.5 Å². The molecule has 102 valence electrons. The van der Waals surface area contributed by atoms with E-state index in [-0.39, 0.29) is 22.6 Å². The van der Waals surface area contributed by atoms with Gasteiger partial charge in [-0.05, 0) is 19.4 Å². The second-order valence-electron chi connectivity index (χ2n) is 4.84. The Morgan fingerprint density at radius 2 is 2.16 bits per heavy atom. The zero-order valence-electron chi connectivity index (χ0n) is 10.2. The quantitative estimate of drug-likeness (QED) is 0.851. The van der Waals surface area contributed by atoms with Gasteiger partial charge in [0.2, 0.25) is 0 Å². The van der Waals surface area contributed by atoms with Crippen molar-refractivity contribution >= 4 is 35.1 Å². The molecule has 19 heavy (non-hydrogen) atoms. The van der Waals surface area contributed by atoms with Crippen molar-refractivity contribution in [1.29, 1.82) is 0 Å². The first kappa shape index (κ1) is 14.1. The van der Waals surface area contributed by atoms with Gasteiger partial charge in [0.05, 0.1) is 16.0 Å². The number of carboxylic acid groups (broad SMARTS) is 1. The van der Waals surface area contributed by atoms with Crippen LogP contribution < -0.4 is 0 Å². The number of amides is 1. The lowest BCUT2D eigenvalue weighted by Crippen LogP contribution is -2.34. The summed E-state index contributed by atoms with van der Waals surface area (Å²) in [6.45, 7) is 2.22. The van der Waals surface area contributed by atoms with E-state index < -0.39 is 11.4 Å². The molecule has 1 atom stereocenters. The first-order chi connectivity index (χ1) is 8.83. The van der Waals surface area contributed by atoms with Crippen molar-refractivity contribution in [3.05, 3.63) is 28.0 Å². The Morgan fingerprint density at radius 1 is 1.47 bits per heavy atom. The number of carbonyl (C=O) groups is 2. The van der Waals surface area contributed by atoms with Gasteiger partial charge in [-0.25, -0.2) is 4.98 Å².